The minimum Gasteiger partial charge on any atom is -0.482 e. The van der Waals surface area contributed by atoms with Crippen molar-refractivity contribution in [1.82, 2.24) is 16.2 Å². The number of thiocarbonyl (C=S) groups is 1. The molecule has 8 nitrogen and oxygen atoms in total. The van der Waals surface area contributed by atoms with Crippen molar-refractivity contribution in [2.45, 2.75) is 25.7 Å². The molecule has 0 fully saturated rings. The summed E-state index contributed by atoms with van der Waals surface area (Å²) in [4.78, 5) is 35.5. The zero-order valence-corrected chi connectivity index (χ0v) is 20.7. The molecule has 0 heterocycles. The largest absolute Gasteiger partial charge is 0.482 e. The lowest BCUT2D eigenvalue weighted by Crippen LogP contribution is -2.49. The Bertz CT molecular complexity index is 978. The summed E-state index contributed by atoms with van der Waals surface area (Å²) < 4.78 is 11.2. The standard InChI is InChI=1S/C22H23BrClN3O5S/c23-16-8-9-18(17(24)13-16)32-14-20(29)26-27-22(33)25-19(28)10-11-21(30)31-12-4-7-15-5-2-1-3-6-15/h1-3,5-6,8-9,13H,4,7,10-12,14H2,(H,26,29)(H2,25,27,28,33). The van der Waals surface area contributed by atoms with Crippen LogP contribution in [-0.2, 0) is 25.5 Å². The predicted molar refractivity (Wildman–Crippen MR) is 132 cm³/mol. The molecule has 3 N–H and O–H groups in total. The smallest absolute Gasteiger partial charge is 0.306 e. The first-order valence-corrected chi connectivity index (χ1v) is 11.6. The molecule has 2 rings (SSSR count). The fourth-order valence-corrected chi connectivity index (χ4v) is 3.41. The van der Waals surface area contributed by atoms with Crippen LogP contribution in [-0.4, -0.2) is 36.1 Å². The van der Waals surface area contributed by atoms with Crippen molar-refractivity contribution in [2.75, 3.05) is 13.2 Å². The highest BCUT2D eigenvalue weighted by molar-refractivity contribution is 9.10. The molecule has 2 aromatic rings. The molecule has 11 heteroatoms. The van der Waals surface area contributed by atoms with Gasteiger partial charge in [0.15, 0.2) is 11.7 Å². The number of aryl methyl sites for hydroxylation is 1. The van der Waals surface area contributed by atoms with Gasteiger partial charge in [0.2, 0.25) is 5.91 Å². The molecule has 2 amide bonds. The third kappa shape index (κ3) is 11.1. The average molecular weight is 557 g/mol. The van der Waals surface area contributed by atoms with Gasteiger partial charge in [-0.15, -0.1) is 0 Å². The van der Waals surface area contributed by atoms with Crippen LogP contribution >= 0.6 is 39.7 Å². The van der Waals surface area contributed by atoms with Crippen LogP contribution in [0.3, 0.4) is 0 Å². The second-order valence-corrected chi connectivity index (χ2v) is 8.45. The van der Waals surface area contributed by atoms with Gasteiger partial charge in [0.1, 0.15) is 5.75 Å². The summed E-state index contributed by atoms with van der Waals surface area (Å²) in [6.45, 7) is -0.0318. The maximum Gasteiger partial charge on any atom is 0.306 e. The SMILES string of the molecule is O=C(COc1ccc(Br)cc1Cl)NNC(=S)NC(=O)CCC(=O)OCCCc1ccccc1. The van der Waals surface area contributed by atoms with E-state index in [-0.39, 0.29) is 31.2 Å². The van der Waals surface area contributed by atoms with E-state index in [9.17, 15) is 14.4 Å². The number of carbonyl (C=O) groups excluding carboxylic acids is 3. The van der Waals surface area contributed by atoms with Gasteiger partial charge >= 0.3 is 5.97 Å². The van der Waals surface area contributed by atoms with Crippen molar-refractivity contribution >= 4 is 62.6 Å². The predicted octanol–water partition coefficient (Wildman–Crippen LogP) is 3.46. The molecule has 176 valence electrons. The van der Waals surface area contributed by atoms with E-state index in [2.05, 4.69) is 32.1 Å². The number of carbonyl (C=O) groups is 3. The topological polar surface area (TPSA) is 106 Å². The van der Waals surface area contributed by atoms with Crippen LogP contribution < -0.4 is 20.9 Å². The van der Waals surface area contributed by atoms with Crippen LogP contribution in [0.4, 0.5) is 0 Å². The molecule has 0 unspecified atom stereocenters. The maximum atomic E-state index is 11.9. The Labute approximate surface area is 210 Å². The Morgan fingerprint density at radius 3 is 2.48 bits per heavy atom. The number of hydrogen-bond acceptors (Lipinski definition) is 6. The molecule has 0 saturated heterocycles. The normalized spacial score (nSPS) is 10.1. The number of nitrogens with one attached hydrogen (secondary N) is 3. The van der Waals surface area contributed by atoms with E-state index in [4.69, 9.17) is 33.3 Å². The van der Waals surface area contributed by atoms with E-state index in [1.807, 2.05) is 30.3 Å². The number of halogens is 2. The average Bonchev–Trinajstić information content (AvgIpc) is 2.79. The van der Waals surface area contributed by atoms with Crippen LogP contribution in [0.15, 0.2) is 53.0 Å². The second kappa shape index (κ2) is 14.5. The summed E-state index contributed by atoms with van der Waals surface area (Å²) in [6, 6.07) is 14.9. The fraction of sp³-hybridized carbons (Fsp3) is 0.273. The number of hydrogen-bond donors (Lipinski definition) is 3. The minimum absolute atomic E-state index is 0.0755. The number of hydrazine groups is 1. The van der Waals surface area contributed by atoms with Crippen LogP contribution in [0, 0.1) is 0 Å². The van der Waals surface area contributed by atoms with Crippen molar-refractivity contribution in [1.29, 1.82) is 0 Å². The molecule has 0 aliphatic heterocycles. The molecule has 0 atom stereocenters. The van der Waals surface area contributed by atoms with Gasteiger partial charge in [-0.05, 0) is 48.8 Å². The number of ether oxygens (including phenoxy) is 2. The van der Waals surface area contributed by atoms with Crippen molar-refractivity contribution < 1.29 is 23.9 Å². The molecule has 33 heavy (non-hydrogen) atoms. The van der Waals surface area contributed by atoms with Crippen LogP contribution in [0.25, 0.3) is 0 Å². The van der Waals surface area contributed by atoms with Crippen LogP contribution in [0.2, 0.25) is 5.02 Å². The molecule has 0 saturated carbocycles. The van der Waals surface area contributed by atoms with E-state index in [1.54, 1.807) is 18.2 Å². The fourth-order valence-electron chi connectivity index (χ4n) is 2.51. The second-order valence-electron chi connectivity index (χ2n) is 6.72. The molecule has 2 aromatic carbocycles. The minimum atomic E-state index is -0.537. The van der Waals surface area contributed by atoms with Crippen molar-refractivity contribution in [3.63, 3.8) is 0 Å². The first kappa shape index (κ1) is 26.6. The molecular weight excluding hydrogens is 534 g/mol. The Morgan fingerprint density at radius 2 is 1.76 bits per heavy atom. The van der Waals surface area contributed by atoms with Crippen molar-refractivity contribution in [2.24, 2.45) is 0 Å². The highest BCUT2D eigenvalue weighted by Crippen LogP contribution is 2.27. The monoisotopic (exact) mass is 555 g/mol. The van der Waals surface area contributed by atoms with Crippen molar-refractivity contribution in [3.8, 4) is 5.75 Å². The Kier molecular flexibility index (Phi) is 11.6. The summed E-state index contributed by atoms with van der Waals surface area (Å²) in [5.74, 6) is -1.14. The highest BCUT2D eigenvalue weighted by atomic mass is 79.9. The lowest BCUT2D eigenvalue weighted by molar-refractivity contribution is -0.145. The zero-order valence-electron chi connectivity index (χ0n) is 17.6. The Balaban J connectivity index is 1.54. The first-order valence-electron chi connectivity index (χ1n) is 9.99. The van der Waals surface area contributed by atoms with E-state index in [0.29, 0.717) is 17.2 Å². The molecule has 0 spiro atoms. The molecule has 0 aliphatic rings. The van der Waals surface area contributed by atoms with Gasteiger partial charge in [-0.2, -0.15) is 0 Å². The molecule has 0 radical (unpaired) electrons. The van der Waals surface area contributed by atoms with E-state index < -0.39 is 17.8 Å². The van der Waals surface area contributed by atoms with Gasteiger partial charge in [0.05, 0.1) is 18.1 Å². The number of esters is 1. The molecule has 0 aromatic heterocycles. The number of rotatable bonds is 10. The molecular formula is C22H23BrClN3O5S. The van der Waals surface area contributed by atoms with Gasteiger partial charge in [-0.3, -0.25) is 25.2 Å². The first-order chi connectivity index (χ1) is 15.8. The summed E-state index contributed by atoms with van der Waals surface area (Å²) in [7, 11) is 0. The number of amides is 2. The Morgan fingerprint density at radius 1 is 1.00 bits per heavy atom. The van der Waals surface area contributed by atoms with Crippen LogP contribution in [0.5, 0.6) is 5.75 Å². The van der Waals surface area contributed by atoms with E-state index >= 15 is 0 Å². The Hall–Kier alpha value is -2.69. The van der Waals surface area contributed by atoms with Gasteiger partial charge in [-0.25, -0.2) is 0 Å². The quantitative estimate of drug-likeness (QED) is 0.178. The lowest BCUT2D eigenvalue weighted by atomic mass is 10.1. The highest BCUT2D eigenvalue weighted by Gasteiger charge is 2.11. The third-order valence-corrected chi connectivity index (χ3v) is 5.09. The van der Waals surface area contributed by atoms with Crippen LogP contribution in [0.1, 0.15) is 24.8 Å². The van der Waals surface area contributed by atoms with Gasteiger partial charge in [-0.1, -0.05) is 57.9 Å². The lowest BCUT2D eigenvalue weighted by Gasteiger charge is -2.12. The summed E-state index contributed by atoms with van der Waals surface area (Å²) in [5.41, 5.74) is 5.84. The number of benzene rings is 2. The third-order valence-electron chi connectivity index (χ3n) is 4.09. The summed E-state index contributed by atoms with van der Waals surface area (Å²) in [5, 5.41) is 2.59. The molecule has 0 bridgehead atoms. The summed E-state index contributed by atoms with van der Waals surface area (Å²) >= 11 is 14.2. The van der Waals surface area contributed by atoms with E-state index in [1.165, 1.54) is 5.56 Å². The molecule has 0 aliphatic carbocycles. The zero-order chi connectivity index (χ0) is 24.1. The van der Waals surface area contributed by atoms with Crippen molar-refractivity contribution in [3.05, 3.63) is 63.6 Å². The van der Waals surface area contributed by atoms with Gasteiger partial charge in [0.25, 0.3) is 5.91 Å². The van der Waals surface area contributed by atoms with Gasteiger partial charge < -0.3 is 14.8 Å². The van der Waals surface area contributed by atoms with E-state index in [0.717, 1.165) is 10.9 Å². The summed E-state index contributed by atoms with van der Waals surface area (Å²) in [6.07, 6.45) is 1.33. The van der Waals surface area contributed by atoms with Gasteiger partial charge in [0, 0.05) is 10.9 Å². The maximum absolute atomic E-state index is 11.9.